The summed E-state index contributed by atoms with van der Waals surface area (Å²) in [5, 5.41) is 9.40. The number of hydrogen-bond acceptors (Lipinski definition) is 4. The highest BCUT2D eigenvalue weighted by Crippen LogP contribution is 2.16. The van der Waals surface area contributed by atoms with E-state index in [1.807, 2.05) is 26.8 Å². The number of aromatic nitrogens is 3. The molecule has 0 aliphatic rings. The summed E-state index contributed by atoms with van der Waals surface area (Å²) in [6.07, 6.45) is 0.702. The third-order valence-electron chi connectivity index (χ3n) is 2.79. The molecule has 0 fully saturated rings. The molecule has 0 radical (unpaired) electrons. The third kappa shape index (κ3) is 2.73. The van der Waals surface area contributed by atoms with Gasteiger partial charge in [-0.05, 0) is 38.0 Å². The van der Waals surface area contributed by atoms with Crippen molar-refractivity contribution in [3.8, 4) is 0 Å². The number of pyridine rings is 1. The van der Waals surface area contributed by atoms with E-state index in [1.165, 1.54) is 0 Å². The van der Waals surface area contributed by atoms with E-state index in [9.17, 15) is 4.79 Å². The summed E-state index contributed by atoms with van der Waals surface area (Å²) in [4.78, 5) is 16.3. The van der Waals surface area contributed by atoms with Gasteiger partial charge in [0.25, 0.3) is 5.91 Å². The standard InChI is InChI=1S/C13H17N5O/c1-4-9-11(14)12(18-17-9)13(19)16-10-6-7(2)5-8(3)15-10/h5-6H,4,14H2,1-3H3,(H,17,18)(H,15,16,19). The molecule has 0 atom stereocenters. The maximum atomic E-state index is 12.1. The highest BCUT2D eigenvalue weighted by Gasteiger charge is 2.17. The van der Waals surface area contributed by atoms with Gasteiger partial charge in [-0.1, -0.05) is 6.92 Å². The lowest BCUT2D eigenvalue weighted by Gasteiger charge is -2.05. The topological polar surface area (TPSA) is 96.7 Å². The Kier molecular flexibility index (Phi) is 3.50. The van der Waals surface area contributed by atoms with Crippen molar-refractivity contribution in [2.24, 2.45) is 0 Å². The van der Waals surface area contributed by atoms with Crippen molar-refractivity contribution in [3.05, 3.63) is 34.8 Å². The summed E-state index contributed by atoms with van der Waals surface area (Å²) in [5.41, 5.74) is 9.10. The van der Waals surface area contributed by atoms with E-state index in [1.54, 1.807) is 6.07 Å². The van der Waals surface area contributed by atoms with Crippen LogP contribution >= 0.6 is 0 Å². The molecule has 0 saturated carbocycles. The molecule has 2 aromatic heterocycles. The van der Waals surface area contributed by atoms with Gasteiger partial charge >= 0.3 is 0 Å². The van der Waals surface area contributed by atoms with Crippen LogP contribution in [-0.4, -0.2) is 21.1 Å². The Morgan fingerprint density at radius 1 is 1.42 bits per heavy atom. The number of aryl methyl sites for hydroxylation is 3. The lowest BCUT2D eigenvalue weighted by Crippen LogP contribution is -2.15. The molecule has 2 rings (SSSR count). The van der Waals surface area contributed by atoms with E-state index in [0.29, 0.717) is 17.9 Å². The number of nitrogens with one attached hydrogen (secondary N) is 2. The van der Waals surface area contributed by atoms with Crippen LogP contribution in [0, 0.1) is 13.8 Å². The number of H-pyrrole nitrogens is 1. The van der Waals surface area contributed by atoms with Gasteiger partial charge < -0.3 is 11.1 Å². The van der Waals surface area contributed by atoms with Crippen LogP contribution in [0.5, 0.6) is 0 Å². The zero-order valence-corrected chi connectivity index (χ0v) is 11.2. The third-order valence-corrected chi connectivity index (χ3v) is 2.79. The molecule has 0 aliphatic heterocycles. The molecular weight excluding hydrogens is 242 g/mol. The second-order valence-electron chi connectivity index (χ2n) is 4.44. The second-order valence-corrected chi connectivity index (χ2v) is 4.44. The van der Waals surface area contributed by atoms with Crippen LogP contribution in [0.3, 0.4) is 0 Å². The summed E-state index contributed by atoms with van der Waals surface area (Å²) in [7, 11) is 0. The molecule has 0 unspecified atom stereocenters. The number of hydrogen-bond donors (Lipinski definition) is 3. The van der Waals surface area contributed by atoms with Crippen LogP contribution < -0.4 is 11.1 Å². The highest BCUT2D eigenvalue weighted by atomic mass is 16.2. The smallest absolute Gasteiger partial charge is 0.279 e. The van der Waals surface area contributed by atoms with E-state index in [-0.39, 0.29) is 11.6 Å². The number of anilines is 2. The molecule has 0 bridgehead atoms. The average molecular weight is 259 g/mol. The minimum atomic E-state index is -0.356. The molecule has 6 nitrogen and oxygen atoms in total. The maximum Gasteiger partial charge on any atom is 0.279 e. The van der Waals surface area contributed by atoms with E-state index in [0.717, 1.165) is 17.0 Å². The molecule has 2 heterocycles. The van der Waals surface area contributed by atoms with Gasteiger partial charge in [-0.15, -0.1) is 0 Å². The predicted octanol–water partition coefficient (Wildman–Crippen LogP) is 1.82. The van der Waals surface area contributed by atoms with Crippen molar-refractivity contribution < 1.29 is 4.79 Å². The van der Waals surface area contributed by atoms with Crippen LogP contribution in [0.4, 0.5) is 11.5 Å². The fourth-order valence-electron chi connectivity index (χ4n) is 1.91. The molecule has 1 amide bonds. The Balaban J connectivity index is 2.23. The van der Waals surface area contributed by atoms with Crippen molar-refractivity contribution in [2.45, 2.75) is 27.2 Å². The number of amides is 1. The molecule has 0 spiro atoms. The Morgan fingerprint density at radius 3 is 2.74 bits per heavy atom. The van der Waals surface area contributed by atoms with Crippen molar-refractivity contribution in [2.75, 3.05) is 11.1 Å². The molecule has 0 aromatic carbocycles. The fourth-order valence-corrected chi connectivity index (χ4v) is 1.91. The number of rotatable bonds is 3. The van der Waals surface area contributed by atoms with Crippen LogP contribution in [0.15, 0.2) is 12.1 Å². The zero-order chi connectivity index (χ0) is 14.0. The second kappa shape index (κ2) is 5.09. The SMILES string of the molecule is CCc1[nH]nc(C(=O)Nc2cc(C)cc(C)n2)c1N. The Labute approximate surface area is 111 Å². The summed E-state index contributed by atoms with van der Waals surface area (Å²) >= 11 is 0. The monoisotopic (exact) mass is 259 g/mol. The molecule has 0 saturated heterocycles. The lowest BCUT2D eigenvalue weighted by atomic mass is 10.2. The number of carbonyl (C=O) groups excluding carboxylic acids is 1. The first-order valence-electron chi connectivity index (χ1n) is 6.10. The summed E-state index contributed by atoms with van der Waals surface area (Å²) in [6.45, 7) is 5.76. The number of aromatic amines is 1. The van der Waals surface area contributed by atoms with E-state index in [4.69, 9.17) is 5.73 Å². The van der Waals surface area contributed by atoms with Gasteiger partial charge in [-0.2, -0.15) is 5.10 Å². The van der Waals surface area contributed by atoms with Crippen LogP contribution in [0.1, 0.15) is 34.4 Å². The highest BCUT2D eigenvalue weighted by molar-refractivity contribution is 6.06. The first-order chi connectivity index (χ1) is 9.01. The minimum absolute atomic E-state index is 0.206. The summed E-state index contributed by atoms with van der Waals surface area (Å²) < 4.78 is 0. The van der Waals surface area contributed by atoms with Gasteiger partial charge in [0, 0.05) is 5.69 Å². The predicted molar refractivity (Wildman–Crippen MR) is 74.0 cm³/mol. The normalized spacial score (nSPS) is 10.5. The fraction of sp³-hybridized carbons (Fsp3) is 0.308. The quantitative estimate of drug-likeness (QED) is 0.783. The molecule has 0 aliphatic carbocycles. The number of nitrogens with zero attached hydrogens (tertiary/aromatic N) is 2. The lowest BCUT2D eigenvalue weighted by molar-refractivity contribution is 0.102. The largest absolute Gasteiger partial charge is 0.395 e. The number of nitrogen functional groups attached to an aromatic ring is 1. The molecular formula is C13H17N5O. The van der Waals surface area contributed by atoms with Crippen molar-refractivity contribution in [1.82, 2.24) is 15.2 Å². The van der Waals surface area contributed by atoms with Gasteiger partial charge in [-0.3, -0.25) is 9.89 Å². The zero-order valence-electron chi connectivity index (χ0n) is 11.2. The van der Waals surface area contributed by atoms with E-state index < -0.39 is 0 Å². The van der Waals surface area contributed by atoms with Crippen molar-refractivity contribution in [3.63, 3.8) is 0 Å². The maximum absolute atomic E-state index is 12.1. The Morgan fingerprint density at radius 2 is 2.16 bits per heavy atom. The number of nitrogens with two attached hydrogens (primary N) is 1. The molecule has 6 heteroatoms. The van der Waals surface area contributed by atoms with Gasteiger partial charge in [0.2, 0.25) is 0 Å². The summed E-state index contributed by atoms with van der Waals surface area (Å²) in [6, 6.07) is 3.74. The first-order valence-corrected chi connectivity index (χ1v) is 6.10. The van der Waals surface area contributed by atoms with Gasteiger partial charge in [-0.25, -0.2) is 4.98 Å². The average Bonchev–Trinajstić information content (AvgIpc) is 2.68. The van der Waals surface area contributed by atoms with Crippen LogP contribution in [0.2, 0.25) is 0 Å². The molecule has 2 aromatic rings. The van der Waals surface area contributed by atoms with E-state index in [2.05, 4.69) is 20.5 Å². The number of carbonyl (C=O) groups is 1. The Hall–Kier alpha value is -2.37. The minimum Gasteiger partial charge on any atom is -0.395 e. The Bertz CT molecular complexity index is 597. The molecule has 19 heavy (non-hydrogen) atoms. The van der Waals surface area contributed by atoms with Gasteiger partial charge in [0.05, 0.1) is 11.4 Å². The first kappa shape index (κ1) is 13.1. The van der Waals surface area contributed by atoms with Gasteiger partial charge in [0.15, 0.2) is 5.69 Å². The van der Waals surface area contributed by atoms with Crippen LogP contribution in [0.25, 0.3) is 0 Å². The molecule has 4 N–H and O–H groups in total. The molecule has 100 valence electrons. The van der Waals surface area contributed by atoms with Gasteiger partial charge in [0.1, 0.15) is 5.82 Å². The van der Waals surface area contributed by atoms with Crippen LogP contribution in [-0.2, 0) is 6.42 Å². The van der Waals surface area contributed by atoms with Crippen molar-refractivity contribution >= 4 is 17.4 Å². The summed E-state index contributed by atoms with van der Waals surface area (Å²) in [5.74, 6) is 0.147. The van der Waals surface area contributed by atoms with Crippen molar-refractivity contribution in [1.29, 1.82) is 0 Å². The van der Waals surface area contributed by atoms with E-state index >= 15 is 0 Å².